The van der Waals surface area contributed by atoms with Gasteiger partial charge in [0.1, 0.15) is 0 Å². The summed E-state index contributed by atoms with van der Waals surface area (Å²) in [5.74, 6) is 0. The van der Waals surface area contributed by atoms with Crippen LogP contribution in [0.25, 0.3) is 21.5 Å². The molecule has 0 saturated heterocycles. The number of carbonyl (C=O) groups is 1. The van der Waals surface area contributed by atoms with Gasteiger partial charge in [0.05, 0.1) is 4.90 Å². The van der Waals surface area contributed by atoms with Gasteiger partial charge in [-0.15, -0.1) is 0 Å². The molecule has 3 nitrogen and oxygen atoms in total. The van der Waals surface area contributed by atoms with Crippen LogP contribution in [-0.2, 0) is 9.84 Å². The lowest BCUT2D eigenvalue weighted by Gasteiger charge is -2.10. The molecule has 3 rings (SSSR count). The highest BCUT2D eigenvalue weighted by Gasteiger charge is 2.16. The number of benzene rings is 3. The van der Waals surface area contributed by atoms with E-state index in [9.17, 15) is 13.2 Å². The van der Waals surface area contributed by atoms with Crippen molar-refractivity contribution in [2.75, 3.05) is 6.26 Å². The fourth-order valence-electron chi connectivity index (χ4n) is 2.56. The number of fused-ring (bicyclic) bond motifs is 2. The van der Waals surface area contributed by atoms with Crippen LogP contribution in [0.3, 0.4) is 0 Å². The minimum absolute atomic E-state index is 0.197. The van der Waals surface area contributed by atoms with Gasteiger partial charge in [-0.1, -0.05) is 36.4 Å². The smallest absolute Gasteiger partial charge is 0.176 e. The standard InChI is InChI=1S/C16H12O3S/c1-20(18,19)15-8-4-6-12-9-11-5-2-3-7-13(11)14(10-17)16(12)15/h2-10H,1H3. The van der Waals surface area contributed by atoms with Gasteiger partial charge >= 0.3 is 0 Å². The van der Waals surface area contributed by atoms with Crippen LogP contribution in [0.5, 0.6) is 0 Å². The Morgan fingerprint density at radius 1 is 0.950 bits per heavy atom. The van der Waals surface area contributed by atoms with E-state index >= 15 is 0 Å². The molecule has 0 N–H and O–H groups in total. The van der Waals surface area contributed by atoms with Gasteiger partial charge in [0, 0.05) is 17.2 Å². The predicted molar refractivity (Wildman–Crippen MR) is 80.0 cm³/mol. The first-order valence-electron chi connectivity index (χ1n) is 6.12. The molecule has 0 spiro atoms. The Hall–Kier alpha value is -2.20. The van der Waals surface area contributed by atoms with Crippen molar-refractivity contribution in [3.63, 3.8) is 0 Å². The van der Waals surface area contributed by atoms with Gasteiger partial charge in [-0.2, -0.15) is 0 Å². The van der Waals surface area contributed by atoms with E-state index in [0.717, 1.165) is 28.7 Å². The molecule has 0 saturated carbocycles. The second-order valence-electron chi connectivity index (χ2n) is 4.76. The molecule has 0 amide bonds. The third-order valence-electron chi connectivity index (χ3n) is 3.41. The second-order valence-corrected chi connectivity index (χ2v) is 6.74. The van der Waals surface area contributed by atoms with Crippen molar-refractivity contribution in [3.8, 4) is 0 Å². The molecule has 0 radical (unpaired) electrons. The van der Waals surface area contributed by atoms with Crippen molar-refractivity contribution in [3.05, 3.63) is 54.1 Å². The van der Waals surface area contributed by atoms with Crippen LogP contribution >= 0.6 is 0 Å². The highest BCUT2D eigenvalue weighted by Crippen LogP contribution is 2.31. The van der Waals surface area contributed by atoms with E-state index in [0.29, 0.717) is 10.9 Å². The highest BCUT2D eigenvalue weighted by molar-refractivity contribution is 7.91. The Balaban J connectivity index is 2.65. The van der Waals surface area contributed by atoms with Crippen molar-refractivity contribution in [1.29, 1.82) is 0 Å². The quantitative estimate of drug-likeness (QED) is 0.536. The summed E-state index contributed by atoms with van der Waals surface area (Å²) < 4.78 is 23.9. The minimum Gasteiger partial charge on any atom is -0.298 e. The van der Waals surface area contributed by atoms with Gasteiger partial charge in [-0.3, -0.25) is 4.79 Å². The number of hydrogen-bond acceptors (Lipinski definition) is 3. The van der Waals surface area contributed by atoms with Crippen molar-refractivity contribution < 1.29 is 13.2 Å². The summed E-state index contributed by atoms with van der Waals surface area (Å²) in [4.78, 5) is 11.7. The molecule has 0 aliphatic carbocycles. The van der Waals surface area contributed by atoms with E-state index < -0.39 is 9.84 Å². The molecule has 0 aliphatic heterocycles. The zero-order valence-electron chi connectivity index (χ0n) is 10.8. The van der Waals surface area contributed by atoms with Gasteiger partial charge in [-0.05, 0) is 28.3 Å². The van der Waals surface area contributed by atoms with E-state index in [2.05, 4.69) is 0 Å². The summed E-state index contributed by atoms with van der Waals surface area (Å²) in [6.07, 6.45) is 1.89. The second kappa shape index (κ2) is 4.42. The lowest BCUT2D eigenvalue weighted by atomic mass is 9.97. The Labute approximate surface area is 116 Å². The van der Waals surface area contributed by atoms with Gasteiger partial charge < -0.3 is 0 Å². The van der Waals surface area contributed by atoms with Gasteiger partial charge in [-0.25, -0.2) is 8.42 Å². The summed E-state index contributed by atoms with van der Waals surface area (Å²) in [5.41, 5.74) is 0.430. The summed E-state index contributed by atoms with van der Waals surface area (Å²) in [6.45, 7) is 0. The average molecular weight is 284 g/mol. The number of aldehydes is 1. The van der Waals surface area contributed by atoms with E-state index in [1.807, 2.05) is 36.4 Å². The van der Waals surface area contributed by atoms with Crippen LogP contribution in [0.2, 0.25) is 0 Å². The minimum atomic E-state index is -3.39. The number of hydrogen-bond donors (Lipinski definition) is 0. The topological polar surface area (TPSA) is 51.2 Å². The zero-order chi connectivity index (χ0) is 14.3. The van der Waals surface area contributed by atoms with Crippen LogP contribution in [0.4, 0.5) is 0 Å². The van der Waals surface area contributed by atoms with Crippen LogP contribution in [0, 0.1) is 0 Å². The highest BCUT2D eigenvalue weighted by atomic mass is 32.2. The summed E-state index contributed by atoms with van der Waals surface area (Å²) >= 11 is 0. The fraction of sp³-hybridized carbons (Fsp3) is 0.0625. The molecule has 100 valence electrons. The molecule has 0 heterocycles. The van der Waals surface area contributed by atoms with Crippen LogP contribution in [0.1, 0.15) is 10.4 Å². The molecule has 0 unspecified atom stereocenters. The lowest BCUT2D eigenvalue weighted by Crippen LogP contribution is -2.00. The average Bonchev–Trinajstić information content (AvgIpc) is 2.43. The Kier molecular flexibility index (Phi) is 2.83. The Morgan fingerprint density at radius 3 is 2.35 bits per heavy atom. The summed E-state index contributed by atoms with van der Waals surface area (Å²) in [5, 5.41) is 2.95. The molecule has 0 atom stereocenters. The van der Waals surface area contributed by atoms with Crippen molar-refractivity contribution in [2.24, 2.45) is 0 Å². The van der Waals surface area contributed by atoms with Crippen molar-refractivity contribution in [1.82, 2.24) is 0 Å². The monoisotopic (exact) mass is 284 g/mol. The Morgan fingerprint density at radius 2 is 1.65 bits per heavy atom. The largest absolute Gasteiger partial charge is 0.298 e. The molecular formula is C16H12O3S. The predicted octanol–water partition coefficient (Wildman–Crippen LogP) is 3.21. The summed E-state index contributed by atoms with van der Waals surface area (Å²) in [6, 6.07) is 14.4. The van der Waals surface area contributed by atoms with E-state index in [1.54, 1.807) is 12.1 Å². The maximum atomic E-state index is 11.9. The lowest BCUT2D eigenvalue weighted by molar-refractivity contribution is 0.112. The first-order valence-corrected chi connectivity index (χ1v) is 8.01. The molecule has 0 aromatic heterocycles. The van der Waals surface area contributed by atoms with Crippen molar-refractivity contribution in [2.45, 2.75) is 4.90 Å². The molecular weight excluding hydrogens is 272 g/mol. The molecule has 20 heavy (non-hydrogen) atoms. The normalized spacial score (nSPS) is 11.8. The number of sulfone groups is 1. The first kappa shape index (κ1) is 12.8. The third kappa shape index (κ3) is 1.89. The van der Waals surface area contributed by atoms with Gasteiger partial charge in [0.2, 0.25) is 0 Å². The molecule has 4 heteroatoms. The first-order chi connectivity index (χ1) is 9.52. The van der Waals surface area contributed by atoms with Crippen molar-refractivity contribution >= 4 is 37.7 Å². The van der Waals surface area contributed by atoms with Crippen LogP contribution in [0.15, 0.2) is 53.4 Å². The van der Waals surface area contributed by atoms with Crippen LogP contribution in [-0.4, -0.2) is 21.0 Å². The maximum absolute atomic E-state index is 11.9. The van der Waals surface area contributed by atoms with Gasteiger partial charge in [0.15, 0.2) is 16.1 Å². The van der Waals surface area contributed by atoms with E-state index in [1.165, 1.54) is 0 Å². The molecule has 0 aliphatic rings. The summed E-state index contributed by atoms with van der Waals surface area (Å²) in [7, 11) is -3.39. The third-order valence-corrected chi connectivity index (χ3v) is 4.55. The van der Waals surface area contributed by atoms with Gasteiger partial charge in [0.25, 0.3) is 0 Å². The SMILES string of the molecule is CS(=O)(=O)c1cccc2cc3ccccc3c(C=O)c12. The molecule has 0 fully saturated rings. The molecule has 3 aromatic rings. The van der Waals surface area contributed by atoms with E-state index in [-0.39, 0.29) is 4.90 Å². The fourth-order valence-corrected chi connectivity index (χ4v) is 3.48. The Bertz CT molecular complexity index is 941. The number of carbonyl (C=O) groups excluding carboxylic acids is 1. The zero-order valence-corrected chi connectivity index (χ0v) is 11.6. The van der Waals surface area contributed by atoms with E-state index in [4.69, 9.17) is 0 Å². The van der Waals surface area contributed by atoms with Crippen LogP contribution < -0.4 is 0 Å². The number of rotatable bonds is 2. The molecule has 3 aromatic carbocycles. The maximum Gasteiger partial charge on any atom is 0.176 e. The molecule has 0 bridgehead atoms.